The van der Waals surface area contributed by atoms with Crippen LogP contribution in [0.4, 0.5) is 0 Å². The Balaban J connectivity index is 0.00000169. The standard InChI is InChI=1S/C9H11NO3.HI/c1-2-10-5-3-8(4-6-10)13-7-9(11)12;/h3-6H,2,7H2,1H3;1H. The number of hydrogen-bond acceptors (Lipinski definition) is 2. The van der Waals surface area contributed by atoms with Crippen LogP contribution in [-0.4, -0.2) is 17.7 Å². The molecular weight excluding hydrogens is 297 g/mol. The molecule has 14 heavy (non-hydrogen) atoms. The van der Waals surface area contributed by atoms with Crippen molar-refractivity contribution in [3.05, 3.63) is 24.5 Å². The lowest BCUT2D eigenvalue weighted by molar-refractivity contribution is -0.693. The Bertz CT molecular complexity index is 287. The number of nitrogens with zero attached hydrogens (tertiary/aromatic N) is 1. The van der Waals surface area contributed by atoms with Gasteiger partial charge in [-0.15, -0.1) is 0 Å². The van der Waals surface area contributed by atoms with Crippen molar-refractivity contribution in [2.24, 2.45) is 0 Å². The first kappa shape index (κ1) is 13.2. The molecule has 1 rings (SSSR count). The van der Waals surface area contributed by atoms with E-state index in [4.69, 9.17) is 9.84 Å². The number of pyridine rings is 1. The Kier molecular flexibility index (Phi) is 6.18. The molecule has 0 aliphatic carbocycles. The van der Waals surface area contributed by atoms with Gasteiger partial charge < -0.3 is 33.8 Å². The lowest BCUT2D eigenvalue weighted by Gasteiger charge is -2.00. The number of aliphatic carboxylic acids is 1. The number of rotatable bonds is 4. The second kappa shape index (κ2) is 6.58. The summed E-state index contributed by atoms with van der Waals surface area (Å²) in [6, 6.07) is 3.48. The van der Waals surface area contributed by atoms with E-state index in [0.717, 1.165) is 6.54 Å². The van der Waals surface area contributed by atoms with Gasteiger partial charge in [-0.05, 0) is 6.92 Å². The van der Waals surface area contributed by atoms with Crippen molar-refractivity contribution in [2.45, 2.75) is 13.5 Å². The number of hydrogen-bond donors (Lipinski definition) is 1. The molecule has 0 saturated carbocycles. The normalized spacial score (nSPS) is 8.93. The van der Waals surface area contributed by atoms with Crippen molar-refractivity contribution in [2.75, 3.05) is 6.61 Å². The van der Waals surface area contributed by atoms with Gasteiger partial charge in [-0.1, -0.05) is 0 Å². The molecule has 5 heteroatoms. The first-order valence-corrected chi connectivity index (χ1v) is 4.06. The number of ether oxygens (including phenoxy) is 1. The van der Waals surface area contributed by atoms with Crippen LogP contribution in [0.15, 0.2) is 24.5 Å². The maximum absolute atomic E-state index is 10.2. The number of aryl methyl sites for hydroxylation is 1. The predicted octanol–water partition coefficient (Wildman–Crippen LogP) is -2.54. The Morgan fingerprint density at radius 3 is 2.50 bits per heavy atom. The van der Waals surface area contributed by atoms with E-state index < -0.39 is 5.97 Å². The summed E-state index contributed by atoms with van der Waals surface area (Å²) in [5.74, 6) is -0.390. The van der Waals surface area contributed by atoms with E-state index in [9.17, 15) is 4.79 Å². The molecule has 0 unspecified atom stereocenters. The van der Waals surface area contributed by atoms with Gasteiger partial charge >= 0.3 is 5.97 Å². The molecular formula is C9H12INO3. The van der Waals surface area contributed by atoms with Gasteiger partial charge in [-0.3, -0.25) is 0 Å². The third-order valence-corrected chi connectivity index (χ3v) is 1.59. The number of halogens is 1. The average molecular weight is 309 g/mol. The number of carboxylic acids is 1. The van der Waals surface area contributed by atoms with Gasteiger partial charge in [-0.25, -0.2) is 9.36 Å². The summed E-state index contributed by atoms with van der Waals surface area (Å²) in [5.41, 5.74) is 0. The van der Waals surface area contributed by atoms with Crippen LogP contribution in [0.3, 0.4) is 0 Å². The van der Waals surface area contributed by atoms with Crippen molar-refractivity contribution < 1.29 is 43.2 Å². The quantitative estimate of drug-likeness (QED) is 0.493. The minimum Gasteiger partial charge on any atom is -1.00 e. The molecule has 0 spiro atoms. The maximum atomic E-state index is 10.2. The first-order chi connectivity index (χ1) is 6.22. The zero-order valence-electron chi connectivity index (χ0n) is 7.81. The van der Waals surface area contributed by atoms with E-state index in [1.807, 2.05) is 23.9 Å². The predicted molar refractivity (Wildman–Crippen MR) is 45.4 cm³/mol. The minimum absolute atomic E-state index is 0. The van der Waals surface area contributed by atoms with Crippen LogP contribution in [0.25, 0.3) is 0 Å². The van der Waals surface area contributed by atoms with Gasteiger partial charge in [0.25, 0.3) is 0 Å². The fourth-order valence-corrected chi connectivity index (χ4v) is 0.896. The second-order valence-corrected chi connectivity index (χ2v) is 2.55. The highest BCUT2D eigenvalue weighted by Gasteiger charge is 2.01. The zero-order valence-corrected chi connectivity index (χ0v) is 9.97. The lowest BCUT2D eigenvalue weighted by atomic mass is 10.4. The third-order valence-electron chi connectivity index (χ3n) is 1.59. The third kappa shape index (κ3) is 4.40. The highest BCUT2D eigenvalue weighted by atomic mass is 127. The van der Waals surface area contributed by atoms with E-state index in [2.05, 4.69) is 0 Å². The average Bonchev–Trinajstić information content (AvgIpc) is 2.15. The van der Waals surface area contributed by atoms with Gasteiger partial charge in [0.15, 0.2) is 19.0 Å². The van der Waals surface area contributed by atoms with Crippen LogP contribution in [0.5, 0.6) is 5.75 Å². The fourth-order valence-electron chi connectivity index (χ4n) is 0.896. The molecule has 1 heterocycles. The van der Waals surface area contributed by atoms with Crippen LogP contribution in [0.1, 0.15) is 6.92 Å². The van der Waals surface area contributed by atoms with Gasteiger partial charge in [0.1, 0.15) is 12.3 Å². The molecule has 1 aromatic rings. The monoisotopic (exact) mass is 309 g/mol. The van der Waals surface area contributed by atoms with Crippen LogP contribution < -0.4 is 33.3 Å². The van der Waals surface area contributed by atoms with E-state index >= 15 is 0 Å². The molecule has 0 aliphatic heterocycles. The van der Waals surface area contributed by atoms with Gasteiger partial charge in [0, 0.05) is 12.1 Å². The van der Waals surface area contributed by atoms with Crippen molar-refractivity contribution in [1.82, 2.24) is 0 Å². The van der Waals surface area contributed by atoms with Crippen LogP contribution in [0, 0.1) is 0 Å². The summed E-state index contributed by atoms with van der Waals surface area (Å²) in [4.78, 5) is 10.2. The second-order valence-electron chi connectivity index (χ2n) is 2.55. The van der Waals surface area contributed by atoms with Crippen LogP contribution in [0.2, 0.25) is 0 Å². The Morgan fingerprint density at radius 1 is 1.50 bits per heavy atom. The number of aromatic nitrogens is 1. The van der Waals surface area contributed by atoms with E-state index in [-0.39, 0.29) is 30.6 Å². The first-order valence-electron chi connectivity index (χ1n) is 4.06. The van der Waals surface area contributed by atoms with Crippen LogP contribution in [-0.2, 0) is 11.3 Å². The Hall–Kier alpha value is -0.850. The molecule has 0 saturated heterocycles. The Morgan fingerprint density at radius 2 is 2.07 bits per heavy atom. The summed E-state index contributed by atoms with van der Waals surface area (Å²) in [6.45, 7) is 2.62. The molecule has 0 fully saturated rings. The molecule has 0 amide bonds. The fraction of sp³-hybridized carbons (Fsp3) is 0.333. The minimum atomic E-state index is -0.966. The van der Waals surface area contributed by atoms with Crippen molar-refractivity contribution in [3.8, 4) is 5.75 Å². The highest BCUT2D eigenvalue weighted by molar-refractivity contribution is 5.68. The van der Waals surface area contributed by atoms with Gasteiger partial charge in [0.05, 0.1) is 0 Å². The van der Waals surface area contributed by atoms with E-state index in [1.165, 1.54) is 0 Å². The number of carboxylic acid groups (broad SMARTS) is 1. The molecule has 0 radical (unpaired) electrons. The largest absolute Gasteiger partial charge is 1.00 e. The van der Waals surface area contributed by atoms with Crippen molar-refractivity contribution in [3.63, 3.8) is 0 Å². The molecule has 1 N–H and O–H groups in total. The molecule has 4 nitrogen and oxygen atoms in total. The molecule has 0 aromatic carbocycles. The SMILES string of the molecule is CC[n+]1ccc(OCC(=O)O)cc1.[I-]. The van der Waals surface area contributed by atoms with Crippen molar-refractivity contribution >= 4 is 5.97 Å². The number of carbonyl (C=O) groups is 1. The van der Waals surface area contributed by atoms with E-state index in [1.54, 1.807) is 12.1 Å². The van der Waals surface area contributed by atoms with Crippen molar-refractivity contribution in [1.29, 1.82) is 0 Å². The molecule has 0 atom stereocenters. The summed E-state index contributed by atoms with van der Waals surface area (Å²) in [6.07, 6.45) is 3.69. The Labute approximate surface area is 99.5 Å². The summed E-state index contributed by atoms with van der Waals surface area (Å²) in [5, 5.41) is 8.35. The zero-order chi connectivity index (χ0) is 9.68. The van der Waals surface area contributed by atoms with Gasteiger partial charge in [-0.2, -0.15) is 0 Å². The summed E-state index contributed by atoms with van der Waals surface area (Å²) in [7, 11) is 0. The molecule has 0 aliphatic rings. The highest BCUT2D eigenvalue weighted by Crippen LogP contribution is 2.05. The maximum Gasteiger partial charge on any atom is 0.341 e. The lowest BCUT2D eigenvalue weighted by Crippen LogP contribution is -3.00. The van der Waals surface area contributed by atoms with Crippen LogP contribution >= 0.6 is 0 Å². The topological polar surface area (TPSA) is 50.4 Å². The smallest absolute Gasteiger partial charge is 0.341 e. The molecule has 78 valence electrons. The molecule has 0 bridgehead atoms. The molecule has 1 aromatic heterocycles. The van der Waals surface area contributed by atoms with E-state index in [0.29, 0.717) is 5.75 Å². The summed E-state index contributed by atoms with van der Waals surface area (Å²) < 4.78 is 6.92. The van der Waals surface area contributed by atoms with Gasteiger partial charge in [0.2, 0.25) is 0 Å². The summed E-state index contributed by atoms with van der Waals surface area (Å²) >= 11 is 0.